The molecule has 1 aromatic heterocycles. The zero-order valence-corrected chi connectivity index (χ0v) is 16.9. The largest absolute Gasteiger partial charge is 0.493 e. The number of benzene rings is 1. The van der Waals surface area contributed by atoms with Gasteiger partial charge >= 0.3 is 0 Å². The first-order chi connectivity index (χ1) is 13.6. The number of carbonyl (C=O) groups is 1. The molecule has 1 saturated heterocycles. The zero-order chi connectivity index (χ0) is 19.9. The molecule has 0 saturated carbocycles. The number of piperidine rings is 1. The van der Waals surface area contributed by atoms with Gasteiger partial charge in [0.15, 0.2) is 11.5 Å². The minimum absolute atomic E-state index is 0.146. The van der Waals surface area contributed by atoms with Crippen molar-refractivity contribution in [3.05, 3.63) is 47.8 Å². The number of ether oxygens (including phenoxy) is 2. The number of pyridine rings is 1. The van der Waals surface area contributed by atoms with E-state index in [9.17, 15) is 4.79 Å². The van der Waals surface area contributed by atoms with Crippen molar-refractivity contribution in [1.29, 1.82) is 0 Å². The lowest BCUT2D eigenvalue weighted by Gasteiger charge is -2.32. The molecular weight excluding hydrogens is 354 g/mol. The van der Waals surface area contributed by atoms with Crippen LogP contribution in [0.4, 0.5) is 5.69 Å². The molecule has 6 heteroatoms. The first-order valence-electron chi connectivity index (χ1n) is 9.81. The van der Waals surface area contributed by atoms with E-state index in [0.29, 0.717) is 36.1 Å². The molecule has 0 radical (unpaired) electrons. The number of aromatic nitrogens is 1. The SMILES string of the molecule is COc1ccc(CCNC(=O)c2cc(N3CCCC(C)C3)ccn2)cc1OC. The maximum Gasteiger partial charge on any atom is 0.269 e. The number of amides is 1. The van der Waals surface area contributed by atoms with Gasteiger partial charge in [-0.05, 0) is 55.0 Å². The van der Waals surface area contributed by atoms with Gasteiger partial charge < -0.3 is 19.7 Å². The van der Waals surface area contributed by atoms with Crippen LogP contribution in [0.2, 0.25) is 0 Å². The maximum absolute atomic E-state index is 12.5. The van der Waals surface area contributed by atoms with E-state index in [1.807, 2.05) is 30.3 Å². The molecule has 6 nitrogen and oxygen atoms in total. The van der Waals surface area contributed by atoms with Crippen LogP contribution in [0.5, 0.6) is 11.5 Å². The number of hydrogen-bond donors (Lipinski definition) is 1. The number of nitrogens with zero attached hydrogens (tertiary/aromatic N) is 2. The summed E-state index contributed by atoms with van der Waals surface area (Å²) in [5.74, 6) is 1.92. The highest BCUT2D eigenvalue weighted by Gasteiger charge is 2.18. The lowest BCUT2D eigenvalue weighted by atomic mass is 10.00. The van der Waals surface area contributed by atoms with Gasteiger partial charge in [-0.2, -0.15) is 0 Å². The molecule has 3 rings (SSSR count). The average molecular weight is 383 g/mol. The van der Waals surface area contributed by atoms with Crippen molar-refractivity contribution in [2.45, 2.75) is 26.2 Å². The van der Waals surface area contributed by atoms with Crippen LogP contribution < -0.4 is 19.7 Å². The Morgan fingerprint density at radius 2 is 2.04 bits per heavy atom. The summed E-state index contributed by atoms with van der Waals surface area (Å²) in [5.41, 5.74) is 2.61. The van der Waals surface area contributed by atoms with Crippen LogP contribution in [0, 0.1) is 5.92 Å². The van der Waals surface area contributed by atoms with Crippen molar-refractivity contribution in [2.75, 3.05) is 38.8 Å². The number of rotatable bonds is 7. The molecule has 0 bridgehead atoms. The molecule has 150 valence electrons. The van der Waals surface area contributed by atoms with Gasteiger partial charge in [0.2, 0.25) is 0 Å². The van der Waals surface area contributed by atoms with Crippen molar-refractivity contribution in [3.63, 3.8) is 0 Å². The van der Waals surface area contributed by atoms with Gasteiger partial charge in [0, 0.05) is 31.5 Å². The molecule has 2 heterocycles. The van der Waals surface area contributed by atoms with Crippen LogP contribution in [0.15, 0.2) is 36.5 Å². The number of nitrogens with one attached hydrogen (secondary N) is 1. The minimum Gasteiger partial charge on any atom is -0.493 e. The molecule has 1 atom stereocenters. The summed E-state index contributed by atoms with van der Waals surface area (Å²) < 4.78 is 10.6. The van der Waals surface area contributed by atoms with Crippen molar-refractivity contribution in [1.82, 2.24) is 10.3 Å². The molecule has 0 aliphatic carbocycles. The van der Waals surface area contributed by atoms with Crippen LogP contribution in [-0.4, -0.2) is 44.7 Å². The zero-order valence-electron chi connectivity index (χ0n) is 16.9. The molecule has 1 unspecified atom stereocenters. The van der Waals surface area contributed by atoms with Gasteiger partial charge in [-0.1, -0.05) is 13.0 Å². The van der Waals surface area contributed by atoms with Gasteiger partial charge in [-0.15, -0.1) is 0 Å². The van der Waals surface area contributed by atoms with Gasteiger partial charge in [-0.25, -0.2) is 0 Å². The summed E-state index contributed by atoms with van der Waals surface area (Å²) in [7, 11) is 3.23. The van der Waals surface area contributed by atoms with Gasteiger partial charge in [0.25, 0.3) is 5.91 Å². The third kappa shape index (κ3) is 4.94. The average Bonchev–Trinajstić information content (AvgIpc) is 2.73. The van der Waals surface area contributed by atoms with E-state index in [4.69, 9.17) is 9.47 Å². The monoisotopic (exact) mass is 383 g/mol. The Bertz CT molecular complexity index is 809. The Hall–Kier alpha value is -2.76. The second-order valence-corrected chi connectivity index (χ2v) is 7.29. The van der Waals surface area contributed by atoms with Crippen molar-refractivity contribution in [2.24, 2.45) is 5.92 Å². The molecule has 2 aromatic rings. The van der Waals surface area contributed by atoms with Crippen LogP contribution in [-0.2, 0) is 6.42 Å². The summed E-state index contributed by atoms with van der Waals surface area (Å²) in [6.45, 7) is 4.87. The molecule has 1 fully saturated rings. The predicted molar refractivity (Wildman–Crippen MR) is 110 cm³/mol. The summed E-state index contributed by atoms with van der Waals surface area (Å²) in [6, 6.07) is 9.66. The Morgan fingerprint density at radius 3 is 2.79 bits per heavy atom. The predicted octanol–water partition coefficient (Wildman–Crippen LogP) is 3.31. The molecular formula is C22H29N3O3. The molecule has 1 amide bonds. The van der Waals surface area contributed by atoms with Gasteiger partial charge in [-0.3, -0.25) is 9.78 Å². The Balaban J connectivity index is 1.57. The Morgan fingerprint density at radius 1 is 1.21 bits per heavy atom. The lowest BCUT2D eigenvalue weighted by Crippen LogP contribution is -2.34. The fourth-order valence-corrected chi connectivity index (χ4v) is 3.61. The second-order valence-electron chi connectivity index (χ2n) is 7.29. The van der Waals surface area contributed by atoms with Crippen LogP contribution in [0.25, 0.3) is 0 Å². The summed E-state index contributed by atoms with van der Waals surface area (Å²) >= 11 is 0. The fraction of sp³-hybridized carbons (Fsp3) is 0.455. The van der Waals surface area contributed by atoms with Crippen LogP contribution in [0.3, 0.4) is 0 Å². The number of anilines is 1. The molecule has 28 heavy (non-hydrogen) atoms. The first-order valence-corrected chi connectivity index (χ1v) is 9.81. The number of methoxy groups -OCH3 is 2. The van der Waals surface area contributed by atoms with Crippen molar-refractivity contribution in [3.8, 4) is 11.5 Å². The molecule has 1 aliphatic rings. The van der Waals surface area contributed by atoms with E-state index in [0.717, 1.165) is 24.3 Å². The highest BCUT2D eigenvalue weighted by atomic mass is 16.5. The quantitative estimate of drug-likeness (QED) is 0.795. The smallest absolute Gasteiger partial charge is 0.269 e. The minimum atomic E-state index is -0.146. The molecule has 0 spiro atoms. The highest BCUT2D eigenvalue weighted by molar-refractivity contribution is 5.93. The second kappa shape index (κ2) is 9.44. The fourth-order valence-electron chi connectivity index (χ4n) is 3.61. The summed E-state index contributed by atoms with van der Waals surface area (Å²) in [5, 5.41) is 2.96. The van der Waals surface area contributed by atoms with E-state index in [1.165, 1.54) is 12.8 Å². The van der Waals surface area contributed by atoms with Crippen LogP contribution >= 0.6 is 0 Å². The van der Waals surface area contributed by atoms with Gasteiger partial charge in [0.05, 0.1) is 14.2 Å². The van der Waals surface area contributed by atoms with E-state index < -0.39 is 0 Å². The van der Waals surface area contributed by atoms with Crippen LogP contribution in [0.1, 0.15) is 35.8 Å². The Labute approximate surface area is 166 Å². The molecule has 1 aliphatic heterocycles. The van der Waals surface area contributed by atoms with E-state index in [2.05, 4.69) is 22.1 Å². The highest BCUT2D eigenvalue weighted by Crippen LogP contribution is 2.27. The number of hydrogen-bond acceptors (Lipinski definition) is 5. The third-order valence-electron chi connectivity index (χ3n) is 5.15. The normalized spacial score (nSPS) is 16.5. The lowest BCUT2D eigenvalue weighted by molar-refractivity contribution is 0.0949. The first kappa shape index (κ1) is 20.0. The summed E-state index contributed by atoms with van der Waals surface area (Å²) in [4.78, 5) is 19.1. The molecule has 1 aromatic carbocycles. The third-order valence-corrected chi connectivity index (χ3v) is 5.15. The topological polar surface area (TPSA) is 63.7 Å². The van der Waals surface area contributed by atoms with Crippen molar-refractivity contribution < 1.29 is 14.3 Å². The van der Waals surface area contributed by atoms with E-state index in [1.54, 1.807) is 20.4 Å². The summed E-state index contributed by atoms with van der Waals surface area (Å²) in [6.07, 6.45) is 4.88. The Kier molecular flexibility index (Phi) is 6.74. The number of carbonyl (C=O) groups excluding carboxylic acids is 1. The van der Waals surface area contributed by atoms with Crippen molar-refractivity contribution >= 4 is 11.6 Å². The maximum atomic E-state index is 12.5. The van der Waals surface area contributed by atoms with E-state index >= 15 is 0 Å². The van der Waals surface area contributed by atoms with Gasteiger partial charge in [0.1, 0.15) is 5.69 Å². The standard InChI is InChI=1S/C22H29N3O3/c1-16-5-4-12-25(15-16)18-9-11-23-19(14-18)22(26)24-10-8-17-6-7-20(27-2)21(13-17)28-3/h6-7,9,11,13-14,16H,4-5,8,10,12,15H2,1-3H3,(H,24,26). The van der Waals surface area contributed by atoms with E-state index in [-0.39, 0.29) is 5.91 Å². The molecule has 1 N–H and O–H groups in total.